The Morgan fingerprint density at radius 1 is 1.39 bits per heavy atom. The van der Waals surface area contributed by atoms with Crippen molar-refractivity contribution in [3.8, 4) is 0 Å². The molecule has 1 aromatic carbocycles. The summed E-state index contributed by atoms with van der Waals surface area (Å²) in [6.45, 7) is 0. The SMILES string of the molecule is CN(C(=O)c1ccc(I)c(Cl)c1)c1cccnc1. The zero-order valence-corrected chi connectivity index (χ0v) is 12.5. The van der Waals surface area contributed by atoms with Crippen LogP contribution in [0.3, 0.4) is 0 Å². The lowest BCUT2D eigenvalue weighted by molar-refractivity contribution is 0.0993. The topological polar surface area (TPSA) is 33.2 Å². The second kappa shape index (κ2) is 5.67. The first kappa shape index (κ1) is 13.3. The van der Waals surface area contributed by atoms with Gasteiger partial charge in [-0.15, -0.1) is 0 Å². The van der Waals surface area contributed by atoms with Crippen LogP contribution >= 0.6 is 34.2 Å². The minimum atomic E-state index is -0.110. The molecule has 0 aliphatic carbocycles. The number of benzene rings is 1. The Balaban J connectivity index is 2.29. The van der Waals surface area contributed by atoms with E-state index >= 15 is 0 Å². The van der Waals surface area contributed by atoms with Gasteiger partial charge in [-0.1, -0.05) is 11.6 Å². The normalized spacial score (nSPS) is 10.2. The molecule has 0 fully saturated rings. The molecule has 0 unspecified atom stereocenters. The van der Waals surface area contributed by atoms with Gasteiger partial charge in [0.15, 0.2) is 0 Å². The van der Waals surface area contributed by atoms with Crippen molar-refractivity contribution in [2.45, 2.75) is 0 Å². The lowest BCUT2D eigenvalue weighted by atomic mass is 10.2. The average Bonchev–Trinajstić information content (AvgIpc) is 2.41. The van der Waals surface area contributed by atoms with Gasteiger partial charge in [-0.25, -0.2) is 0 Å². The second-order valence-corrected chi connectivity index (χ2v) is 5.27. The van der Waals surface area contributed by atoms with E-state index in [1.54, 1.807) is 42.5 Å². The third-order valence-corrected chi connectivity index (χ3v) is 4.08. The number of carbonyl (C=O) groups excluding carboxylic acids is 1. The molecule has 0 bridgehead atoms. The van der Waals surface area contributed by atoms with Crippen LogP contribution < -0.4 is 4.90 Å². The van der Waals surface area contributed by atoms with Gasteiger partial charge in [0, 0.05) is 22.4 Å². The lowest BCUT2D eigenvalue weighted by Gasteiger charge is -2.17. The van der Waals surface area contributed by atoms with Gasteiger partial charge in [-0.2, -0.15) is 0 Å². The number of pyridine rings is 1. The molecule has 92 valence electrons. The molecule has 0 saturated heterocycles. The number of rotatable bonds is 2. The number of carbonyl (C=O) groups is 1. The molecule has 2 aromatic rings. The Labute approximate surface area is 124 Å². The van der Waals surface area contributed by atoms with E-state index in [0.29, 0.717) is 10.6 Å². The number of nitrogens with zero attached hydrogens (tertiary/aromatic N) is 2. The van der Waals surface area contributed by atoms with Crippen LogP contribution in [0.25, 0.3) is 0 Å². The number of hydrogen-bond acceptors (Lipinski definition) is 2. The number of hydrogen-bond donors (Lipinski definition) is 0. The zero-order chi connectivity index (χ0) is 13.1. The van der Waals surface area contributed by atoms with Crippen molar-refractivity contribution in [2.24, 2.45) is 0 Å². The quantitative estimate of drug-likeness (QED) is 0.755. The van der Waals surface area contributed by atoms with Crippen LogP contribution in [0.1, 0.15) is 10.4 Å². The number of halogens is 2. The predicted octanol–water partition coefficient (Wildman–Crippen LogP) is 3.62. The number of aromatic nitrogens is 1. The smallest absolute Gasteiger partial charge is 0.258 e. The first-order valence-electron chi connectivity index (χ1n) is 5.22. The molecule has 0 atom stereocenters. The average molecular weight is 373 g/mol. The minimum absolute atomic E-state index is 0.110. The highest BCUT2D eigenvalue weighted by Gasteiger charge is 2.14. The summed E-state index contributed by atoms with van der Waals surface area (Å²) in [4.78, 5) is 17.8. The third-order valence-electron chi connectivity index (χ3n) is 2.50. The van der Waals surface area contributed by atoms with Crippen LogP contribution in [-0.4, -0.2) is 17.9 Å². The molecule has 1 heterocycles. The van der Waals surface area contributed by atoms with Gasteiger partial charge in [-0.3, -0.25) is 9.78 Å². The van der Waals surface area contributed by atoms with Crippen molar-refractivity contribution in [2.75, 3.05) is 11.9 Å². The van der Waals surface area contributed by atoms with Gasteiger partial charge in [0.25, 0.3) is 5.91 Å². The van der Waals surface area contributed by atoms with E-state index in [-0.39, 0.29) is 5.91 Å². The lowest BCUT2D eigenvalue weighted by Crippen LogP contribution is -2.26. The molecule has 0 saturated carbocycles. The number of anilines is 1. The van der Waals surface area contributed by atoms with E-state index in [2.05, 4.69) is 27.6 Å². The van der Waals surface area contributed by atoms with E-state index in [1.165, 1.54) is 0 Å². The molecular formula is C13H10ClIN2O. The Kier molecular flexibility index (Phi) is 4.19. The van der Waals surface area contributed by atoms with Gasteiger partial charge in [0.2, 0.25) is 0 Å². The summed E-state index contributed by atoms with van der Waals surface area (Å²) in [5.74, 6) is -0.110. The Morgan fingerprint density at radius 3 is 2.78 bits per heavy atom. The van der Waals surface area contributed by atoms with Gasteiger partial charge in [-0.05, 0) is 52.9 Å². The largest absolute Gasteiger partial charge is 0.310 e. The van der Waals surface area contributed by atoms with Crippen molar-refractivity contribution < 1.29 is 4.79 Å². The maximum absolute atomic E-state index is 12.2. The fourth-order valence-electron chi connectivity index (χ4n) is 1.49. The van der Waals surface area contributed by atoms with E-state index < -0.39 is 0 Å². The summed E-state index contributed by atoms with van der Waals surface area (Å²) in [7, 11) is 1.71. The minimum Gasteiger partial charge on any atom is -0.310 e. The summed E-state index contributed by atoms with van der Waals surface area (Å²) in [6.07, 6.45) is 3.32. The second-order valence-electron chi connectivity index (χ2n) is 3.70. The van der Waals surface area contributed by atoms with Crippen molar-refractivity contribution >= 4 is 45.8 Å². The summed E-state index contributed by atoms with van der Waals surface area (Å²) in [6, 6.07) is 8.90. The van der Waals surface area contributed by atoms with E-state index in [1.807, 2.05) is 12.1 Å². The van der Waals surface area contributed by atoms with E-state index in [9.17, 15) is 4.79 Å². The molecule has 0 N–H and O–H groups in total. The van der Waals surface area contributed by atoms with Crippen molar-refractivity contribution in [1.29, 1.82) is 0 Å². The van der Waals surface area contributed by atoms with Crippen LogP contribution in [0, 0.1) is 3.57 Å². The van der Waals surface area contributed by atoms with Crippen LogP contribution in [0.2, 0.25) is 5.02 Å². The number of amides is 1. The van der Waals surface area contributed by atoms with Crippen molar-refractivity contribution in [1.82, 2.24) is 4.98 Å². The van der Waals surface area contributed by atoms with Crippen LogP contribution in [0.5, 0.6) is 0 Å². The van der Waals surface area contributed by atoms with Crippen LogP contribution in [-0.2, 0) is 0 Å². The maximum Gasteiger partial charge on any atom is 0.258 e. The van der Waals surface area contributed by atoms with Crippen molar-refractivity contribution in [3.63, 3.8) is 0 Å². The molecule has 0 aliphatic rings. The predicted molar refractivity (Wildman–Crippen MR) is 81.1 cm³/mol. The molecule has 3 nitrogen and oxygen atoms in total. The van der Waals surface area contributed by atoms with E-state index in [0.717, 1.165) is 9.26 Å². The highest BCUT2D eigenvalue weighted by atomic mass is 127. The molecule has 1 amide bonds. The standard InChI is InChI=1S/C13H10ClIN2O/c1-17(10-3-2-6-16-8-10)13(18)9-4-5-12(15)11(14)7-9/h2-8H,1H3. The van der Waals surface area contributed by atoms with Crippen molar-refractivity contribution in [3.05, 3.63) is 56.9 Å². The molecule has 2 rings (SSSR count). The fourth-order valence-corrected chi connectivity index (χ4v) is 2.01. The highest BCUT2D eigenvalue weighted by molar-refractivity contribution is 14.1. The first-order valence-corrected chi connectivity index (χ1v) is 6.68. The van der Waals surface area contributed by atoms with Crippen LogP contribution in [0.15, 0.2) is 42.7 Å². The van der Waals surface area contributed by atoms with Gasteiger partial charge in [0.1, 0.15) is 0 Å². The molecular weight excluding hydrogens is 363 g/mol. The molecule has 1 aromatic heterocycles. The van der Waals surface area contributed by atoms with E-state index in [4.69, 9.17) is 11.6 Å². The Bertz CT molecular complexity index is 574. The molecule has 0 spiro atoms. The summed E-state index contributed by atoms with van der Waals surface area (Å²) in [5, 5.41) is 0.584. The Hall–Kier alpha value is -1.14. The zero-order valence-electron chi connectivity index (χ0n) is 9.60. The molecule has 0 radical (unpaired) electrons. The highest BCUT2D eigenvalue weighted by Crippen LogP contribution is 2.21. The van der Waals surface area contributed by atoms with Gasteiger partial charge >= 0.3 is 0 Å². The summed E-state index contributed by atoms with van der Waals surface area (Å²) >= 11 is 8.14. The first-order chi connectivity index (χ1) is 8.59. The monoisotopic (exact) mass is 372 g/mol. The molecule has 5 heteroatoms. The molecule has 18 heavy (non-hydrogen) atoms. The van der Waals surface area contributed by atoms with Gasteiger partial charge in [0.05, 0.1) is 16.9 Å². The van der Waals surface area contributed by atoms with Gasteiger partial charge < -0.3 is 4.90 Å². The fraction of sp³-hybridized carbons (Fsp3) is 0.0769. The third kappa shape index (κ3) is 2.81. The van der Waals surface area contributed by atoms with Crippen LogP contribution in [0.4, 0.5) is 5.69 Å². The Morgan fingerprint density at radius 2 is 2.17 bits per heavy atom. The summed E-state index contributed by atoms with van der Waals surface area (Å²) < 4.78 is 0.926. The summed E-state index contributed by atoms with van der Waals surface area (Å²) in [5.41, 5.74) is 1.31. The maximum atomic E-state index is 12.2. The molecule has 0 aliphatic heterocycles.